The second-order valence-electron chi connectivity index (χ2n) is 7.37. The van der Waals surface area contributed by atoms with Crippen LogP contribution in [0.25, 0.3) is 5.31 Å². The number of para-hydroxylation sites is 1. The molecule has 3 aromatic rings. The zero-order valence-electron chi connectivity index (χ0n) is 20.3. The van der Waals surface area contributed by atoms with Gasteiger partial charge in [0.1, 0.15) is 0 Å². The summed E-state index contributed by atoms with van der Waals surface area (Å²) < 4.78 is 52.6. The Labute approximate surface area is 219 Å². The number of nitro benzene ring substituents is 1. The van der Waals surface area contributed by atoms with Gasteiger partial charge in [-0.2, -0.15) is 0 Å². The Morgan fingerprint density at radius 1 is 1.03 bits per heavy atom. The van der Waals surface area contributed by atoms with Gasteiger partial charge in [0.05, 0.1) is 36.6 Å². The molecule has 0 unspecified atom stereocenters. The molecule has 198 valence electrons. The molecule has 0 amide bonds. The van der Waals surface area contributed by atoms with E-state index in [0.29, 0.717) is 14.9 Å². The largest absolute Gasteiger partial charge is 0.362 e. The fourth-order valence-electron chi connectivity index (χ4n) is 3.33. The number of rotatable bonds is 14. The summed E-state index contributed by atoms with van der Waals surface area (Å²) in [5.41, 5.74) is 0.0922. The molecule has 0 aliphatic rings. The highest BCUT2D eigenvalue weighted by Crippen LogP contribution is 2.61. The van der Waals surface area contributed by atoms with E-state index in [1.807, 2.05) is 0 Å². The third-order valence-corrected chi connectivity index (χ3v) is 9.88. The first-order valence-corrected chi connectivity index (χ1v) is 15.2. The summed E-state index contributed by atoms with van der Waals surface area (Å²) in [6, 6.07) is 17.3. The highest BCUT2D eigenvalue weighted by Gasteiger charge is 2.35. The van der Waals surface area contributed by atoms with Crippen molar-refractivity contribution < 1.29 is 31.8 Å². The first-order valence-electron chi connectivity index (χ1n) is 11.3. The monoisotopic (exact) mass is 566 g/mol. The first kappa shape index (κ1) is 28.9. The van der Waals surface area contributed by atoms with Crippen LogP contribution < -0.4 is 0 Å². The molecule has 0 aliphatic carbocycles. The van der Waals surface area contributed by atoms with Gasteiger partial charge in [-0.25, -0.2) is 8.42 Å². The number of hydrogen-bond donors (Lipinski definition) is 0. The minimum atomic E-state index is -4.52. The number of hydroxylamine groups is 1. The molecule has 0 saturated heterocycles. The van der Waals surface area contributed by atoms with Crippen LogP contribution in [-0.2, 0) is 35.1 Å². The van der Waals surface area contributed by atoms with E-state index in [-0.39, 0.29) is 25.1 Å². The van der Waals surface area contributed by atoms with E-state index in [1.165, 1.54) is 29.5 Å². The SMILES string of the molecule is CCOP(=O)(OCC)C(=CCN(OCc1ccccc1)S(=O)(=O)c1ccccc1[N+](=O)[O-])c1cccs1. The van der Waals surface area contributed by atoms with Crippen LogP contribution in [0.5, 0.6) is 0 Å². The fourth-order valence-corrected chi connectivity index (χ4v) is 7.51. The Bertz CT molecular complexity index is 1350. The van der Waals surface area contributed by atoms with Crippen molar-refractivity contribution in [2.45, 2.75) is 25.3 Å². The zero-order chi connectivity index (χ0) is 26.9. The van der Waals surface area contributed by atoms with Gasteiger partial charge in [0.25, 0.3) is 15.7 Å². The predicted octanol–water partition coefficient (Wildman–Crippen LogP) is 6.09. The van der Waals surface area contributed by atoms with Gasteiger partial charge in [0, 0.05) is 10.9 Å². The van der Waals surface area contributed by atoms with Crippen molar-refractivity contribution in [1.82, 2.24) is 4.47 Å². The third-order valence-electron chi connectivity index (χ3n) is 4.93. The smallest absolute Gasteiger partial charge is 0.305 e. The normalized spacial score (nSPS) is 12.7. The molecular formula is C24H27N2O8PS2. The Balaban J connectivity index is 2.07. The average Bonchev–Trinajstić information content (AvgIpc) is 3.41. The van der Waals surface area contributed by atoms with Gasteiger partial charge in [-0.1, -0.05) is 59.1 Å². The van der Waals surface area contributed by atoms with Gasteiger partial charge in [-0.15, -0.1) is 11.3 Å². The number of hydrogen-bond acceptors (Lipinski definition) is 9. The van der Waals surface area contributed by atoms with Crippen LogP contribution in [0, 0.1) is 10.1 Å². The second kappa shape index (κ2) is 13.2. The lowest BCUT2D eigenvalue weighted by Gasteiger charge is -2.23. The lowest BCUT2D eigenvalue weighted by atomic mass is 10.2. The Morgan fingerprint density at radius 2 is 1.68 bits per heavy atom. The molecule has 0 saturated carbocycles. The van der Waals surface area contributed by atoms with E-state index in [2.05, 4.69) is 0 Å². The molecule has 1 heterocycles. The molecule has 10 nitrogen and oxygen atoms in total. The maximum absolute atomic E-state index is 13.7. The summed E-state index contributed by atoms with van der Waals surface area (Å²) in [5, 5.41) is 13.5. The van der Waals surface area contributed by atoms with E-state index in [0.717, 1.165) is 12.1 Å². The van der Waals surface area contributed by atoms with Crippen molar-refractivity contribution in [1.29, 1.82) is 0 Å². The number of thiophene rings is 1. The molecule has 13 heteroatoms. The molecule has 2 aromatic carbocycles. The summed E-state index contributed by atoms with van der Waals surface area (Å²) in [5.74, 6) is 0. The molecule has 1 aromatic heterocycles. The predicted molar refractivity (Wildman–Crippen MR) is 141 cm³/mol. The van der Waals surface area contributed by atoms with Gasteiger partial charge in [0.2, 0.25) is 0 Å². The van der Waals surface area contributed by atoms with Crippen molar-refractivity contribution in [2.75, 3.05) is 19.8 Å². The first-order chi connectivity index (χ1) is 17.7. The highest BCUT2D eigenvalue weighted by atomic mass is 32.2. The maximum atomic E-state index is 13.7. The van der Waals surface area contributed by atoms with Crippen molar-refractivity contribution >= 4 is 40.0 Å². The van der Waals surface area contributed by atoms with E-state index >= 15 is 0 Å². The highest BCUT2D eigenvalue weighted by molar-refractivity contribution is 7.89. The Hall–Kier alpha value is -2.70. The van der Waals surface area contributed by atoms with Gasteiger partial charge in [0.15, 0.2) is 4.90 Å². The van der Waals surface area contributed by atoms with Crippen LogP contribution in [-0.4, -0.2) is 37.6 Å². The number of benzene rings is 2. The zero-order valence-corrected chi connectivity index (χ0v) is 22.8. The summed E-state index contributed by atoms with van der Waals surface area (Å²) in [7, 11) is -8.34. The van der Waals surface area contributed by atoms with Crippen LogP contribution >= 0.6 is 18.9 Å². The van der Waals surface area contributed by atoms with Crippen molar-refractivity contribution in [3.63, 3.8) is 0 Å². The molecule has 37 heavy (non-hydrogen) atoms. The van der Waals surface area contributed by atoms with E-state index < -0.39 is 39.7 Å². The van der Waals surface area contributed by atoms with Crippen LogP contribution in [0.3, 0.4) is 0 Å². The summed E-state index contributed by atoms with van der Waals surface area (Å²) in [6.45, 7) is 3.00. The standard InChI is InChI=1S/C24H27N2O8PS2/c1-3-33-35(29,34-4-2)22(23-14-10-18-36-23)16-17-25(32-19-20-11-6-5-7-12-20)37(30,31)24-15-9-8-13-21(24)26(27)28/h5-16,18H,3-4,17,19H2,1-2H3. The summed E-state index contributed by atoms with van der Waals surface area (Å²) in [6.07, 6.45) is 1.40. The molecule has 0 fully saturated rings. The quantitative estimate of drug-likeness (QED) is 0.130. The molecular weight excluding hydrogens is 539 g/mol. The van der Waals surface area contributed by atoms with E-state index in [4.69, 9.17) is 13.9 Å². The number of nitrogens with zero attached hydrogens (tertiary/aromatic N) is 2. The maximum Gasteiger partial charge on any atom is 0.362 e. The Kier molecular flexibility index (Phi) is 10.3. The van der Waals surface area contributed by atoms with Gasteiger partial charge < -0.3 is 9.05 Å². The lowest BCUT2D eigenvalue weighted by molar-refractivity contribution is -0.387. The minimum absolute atomic E-state index is 0.0999. The average molecular weight is 567 g/mol. The lowest BCUT2D eigenvalue weighted by Crippen LogP contribution is -2.32. The molecule has 0 N–H and O–H groups in total. The molecule has 0 aliphatic heterocycles. The molecule has 0 radical (unpaired) electrons. The summed E-state index contributed by atoms with van der Waals surface area (Å²) >= 11 is 1.28. The fraction of sp³-hybridized carbons (Fsp3) is 0.250. The minimum Gasteiger partial charge on any atom is -0.305 e. The molecule has 0 bridgehead atoms. The topological polar surface area (TPSA) is 125 Å². The summed E-state index contributed by atoms with van der Waals surface area (Å²) in [4.78, 5) is 16.5. The van der Waals surface area contributed by atoms with Crippen LogP contribution in [0.1, 0.15) is 24.3 Å². The van der Waals surface area contributed by atoms with Gasteiger partial charge >= 0.3 is 7.60 Å². The molecule has 0 spiro atoms. The Morgan fingerprint density at radius 3 is 2.27 bits per heavy atom. The number of nitro groups is 1. The van der Waals surface area contributed by atoms with Crippen molar-refractivity contribution in [3.8, 4) is 0 Å². The van der Waals surface area contributed by atoms with E-state index in [9.17, 15) is 23.1 Å². The van der Waals surface area contributed by atoms with Crippen LogP contribution in [0.4, 0.5) is 5.69 Å². The second-order valence-corrected chi connectivity index (χ2v) is 12.1. The molecule has 3 rings (SSSR count). The van der Waals surface area contributed by atoms with E-state index in [1.54, 1.807) is 61.7 Å². The van der Waals surface area contributed by atoms with Crippen LogP contribution in [0.15, 0.2) is 83.1 Å². The van der Waals surface area contributed by atoms with Gasteiger partial charge in [-0.3, -0.25) is 19.5 Å². The van der Waals surface area contributed by atoms with Crippen LogP contribution in [0.2, 0.25) is 0 Å². The molecule has 0 atom stereocenters. The van der Waals surface area contributed by atoms with Crippen molar-refractivity contribution in [3.05, 3.63) is 98.7 Å². The third kappa shape index (κ3) is 7.20. The van der Waals surface area contributed by atoms with Crippen molar-refractivity contribution in [2.24, 2.45) is 0 Å². The number of sulfonamides is 1. The van der Waals surface area contributed by atoms with Gasteiger partial charge in [-0.05, 0) is 36.9 Å².